The number of esters is 1. The molecule has 1 aliphatic heterocycles. The lowest BCUT2D eigenvalue weighted by molar-refractivity contribution is -0.206. The van der Waals surface area contributed by atoms with Crippen LogP contribution in [0.1, 0.15) is 32.6 Å². The van der Waals surface area contributed by atoms with Crippen molar-refractivity contribution in [2.75, 3.05) is 19.8 Å². The van der Waals surface area contributed by atoms with Crippen LogP contribution in [0.5, 0.6) is 0 Å². The number of halogens is 4. The van der Waals surface area contributed by atoms with Gasteiger partial charge in [-0.15, -0.1) is 0 Å². The zero-order valence-electron chi connectivity index (χ0n) is 14.4. The van der Waals surface area contributed by atoms with Gasteiger partial charge in [0.05, 0.1) is 6.67 Å². The molecule has 0 aromatic heterocycles. The van der Waals surface area contributed by atoms with Gasteiger partial charge >= 0.3 is 12.1 Å². The zero-order chi connectivity index (χ0) is 19.5. The third kappa shape index (κ3) is 4.54. The highest BCUT2D eigenvalue weighted by Crippen LogP contribution is 2.34. The summed E-state index contributed by atoms with van der Waals surface area (Å²) in [6, 6.07) is 1.63. The molecule has 146 valence electrons. The highest BCUT2D eigenvalue weighted by atomic mass is 35.5. The Balaban J connectivity index is 2.07. The lowest BCUT2D eigenvalue weighted by atomic mass is 10.0. The van der Waals surface area contributed by atoms with Crippen molar-refractivity contribution >= 4 is 17.6 Å². The number of alkyl halides is 3. The Kier molecular flexibility index (Phi) is 6.64. The van der Waals surface area contributed by atoms with E-state index < -0.39 is 30.2 Å². The maximum absolute atomic E-state index is 12.5. The monoisotopic (exact) mass is 394 g/mol. The Labute approximate surface area is 155 Å². The first kappa shape index (κ1) is 20.6. The van der Waals surface area contributed by atoms with Crippen molar-refractivity contribution in [3.63, 3.8) is 0 Å². The summed E-state index contributed by atoms with van der Waals surface area (Å²) in [6.07, 6.45) is -3.39. The molecule has 0 radical (unpaired) electrons. The molecule has 1 aliphatic carbocycles. The minimum Gasteiger partial charge on any atom is -0.455 e. The Morgan fingerprint density at radius 3 is 2.69 bits per heavy atom. The normalized spacial score (nSPS) is 26.4. The van der Waals surface area contributed by atoms with Gasteiger partial charge in [-0.3, -0.25) is 0 Å². The minimum atomic E-state index is -5.04. The van der Waals surface area contributed by atoms with Gasteiger partial charge < -0.3 is 20.3 Å². The van der Waals surface area contributed by atoms with Crippen LogP contribution in [-0.2, 0) is 9.53 Å². The van der Waals surface area contributed by atoms with Gasteiger partial charge in [0.2, 0.25) is 0 Å². The Hall–Kier alpha value is -1.66. The van der Waals surface area contributed by atoms with E-state index in [0.29, 0.717) is 24.8 Å². The fourth-order valence-electron chi connectivity index (χ4n) is 3.32. The van der Waals surface area contributed by atoms with Gasteiger partial charge in [0, 0.05) is 25.0 Å². The van der Waals surface area contributed by atoms with E-state index in [1.165, 1.54) is 0 Å². The van der Waals surface area contributed by atoms with E-state index in [9.17, 15) is 23.2 Å². The van der Waals surface area contributed by atoms with Crippen LogP contribution < -0.4 is 5.73 Å². The first-order chi connectivity index (χ1) is 12.2. The maximum atomic E-state index is 12.5. The van der Waals surface area contributed by atoms with Crippen molar-refractivity contribution in [1.29, 1.82) is 5.26 Å². The molecule has 2 aliphatic rings. The number of nitriles is 1. The van der Waals surface area contributed by atoms with Crippen LogP contribution in [0, 0.1) is 17.2 Å². The van der Waals surface area contributed by atoms with Gasteiger partial charge in [0.25, 0.3) is 0 Å². The number of carbonyl (C=O) groups is 1. The van der Waals surface area contributed by atoms with E-state index in [1.54, 1.807) is 4.90 Å². The first-order valence-corrected chi connectivity index (χ1v) is 8.90. The quantitative estimate of drug-likeness (QED) is 0.550. The number of allylic oxidation sites excluding steroid dienone is 1. The third-order valence-corrected chi connectivity index (χ3v) is 5.17. The molecule has 10 heteroatoms. The van der Waals surface area contributed by atoms with Gasteiger partial charge in [-0.1, -0.05) is 24.9 Å². The van der Waals surface area contributed by atoms with Gasteiger partial charge in [-0.25, -0.2) is 4.79 Å². The topological polar surface area (TPSA) is 82.6 Å². The summed E-state index contributed by atoms with van der Waals surface area (Å²) in [7, 11) is 0. The molecular weight excluding hydrogens is 373 g/mol. The van der Waals surface area contributed by atoms with Crippen molar-refractivity contribution in [3.8, 4) is 6.07 Å². The molecular formula is C16H22ClF3N4O2. The number of ether oxygens (including phenoxy) is 1. The largest absolute Gasteiger partial charge is 0.490 e. The number of rotatable bonds is 6. The fourth-order valence-corrected chi connectivity index (χ4v) is 3.62. The van der Waals surface area contributed by atoms with Gasteiger partial charge in [-0.05, 0) is 19.3 Å². The summed E-state index contributed by atoms with van der Waals surface area (Å²) in [5.74, 6) is -2.71. The lowest BCUT2D eigenvalue weighted by Crippen LogP contribution is -2.43. The van der Waals surface area contributed by atoms with Crippen LogP contribution in [-0.4, -0.2) is 53.8 Å². The number of hydrogen-bond acceptors (Lipinski definition) is 6. The molecule has 0 aromatic rings. The SMILES string of the molecule is CCCCN1CN(CC2C(N)CCC2OC(=O)C(F)(F)F)C(C#N)=C1Cl. The standard InChI is InChI=1S/C16H22ClF3N4O2/c1-2-3-6-23-9-24(12(7-21)14(23)17)8-10-11(22)4-5-13(10)26-15(25)16(18,19)20/h10-11,13H,2-6,8-9,22H2,1H3. The molecule has 0 bridgehead atoms. The first-order valence-electron chi connectivity index (χ1n) is 8.52. The maximum Gasteiger partial charge on any atom is 0.490 e. The molecule has 0 spiro atoms. The molecule has 1 fully saturated rings. The van der Waals surface area contributed by atoms with Crippen molar-refractivity contribution in [3.05, 3.63) is 10.9 Å². The van der Waals surface area contributed by atoms with E-state index in [0.717, 1.165) is 12.8 Å². The smallest absolute Gasteiger partial charge is 0.455 e. The minimum absolute atomic E-state index is 0.207. The highest BCUT2D eigenvalue weighted by molar-refractivity contribution is 6.29. The molecule has 6 nitrogen and oxygen atoms in total. The van der Waals surface area contributed by atoms with E-state index in [1.807, 2.05) is 17.9 Å². The van der Waals surface area contributed by atoms with Crippen LogP contribution in [0.3, 0.4) is 0 Å². The average molecular weight is 395 g/mol. The molecule has 1 saturated carbocycles. The Morgan fingerprint density at radius 2 is 2.12 bits per heavy atom. The van der Waals surface area contributed by atoms with Gasteiger partial charge in [0.1, 0.15) is 17.3 Å². The summed E-state index contributed by atoms with van der Waals surface area (Å²) >= 11 is 6.25. The van der Waals surface area contributed by atoms with E-state index in [4.69, 9.17) is 17.3 Å². The van der Waals surface area contributed by atoms with Crippen LogP contribution in [0.25, 0.3) is 0 Å². The zero-order valence-corrected chi connectivity index (χ0v) is 15.2. The molecule has 0 aromatic carbocycles. The molecule has 2 N–H and O–H groups in total. The molecule has 26 heavy (non-hydrogen) atoms. The number of nitrogens with two attached hydrogens (primary N) is 1. The summed E-state index contributed by atoms with van der Waals surface area (Å²) < 4.78 is 42.1. The molecule has 0 amide bonds. The summed E-state index contributed by atoms with van der Waals surface area (Å²) in [5, 5.41) is 9.71. The number of carbonyl (C=O) groups excluding carboxylic acids is 1. The van der Waals surface area contributed by atoms with Crippen molar-refractivity contribution < 1.29 is 22.7 Å². The van der Waals surface area contributed by atoms with Crippen LogP contribution in [0.2, 0.25) is 0 Å². The fraction of sp³-hybridized carbons (Fsp3) is 0.750. The predicted molar refractivity (Wildman–Crippen MR) is 88.3 cm³/mol. The van der Waals surface area contributed by atoms with Crippen molar-refractivity contribution in [2.24, 2.45) is 11.7 Å². The summed E-state index contributed by atoms with van der Waals surface area (Å²) in [4.78, 5) is 14.7. The van der Waals surface area contributed by atoms with Crippen LogP contribution in [0.15, 0.2) is 10.9 Å². The van der Waals surface area contributed by atoms with Crippen molar-refractivity contribution in [1.82, 2.24) is 9.80 Å². The number of nitrogens with zero attached hydrogens (tertiary/aromatic N) is 3. The predicted octanol–water partition coefficient (Wildman–Crippen LogP) is 2.50. The van der Waals surface area contributed by atoms with E-state index in [-0.39, 0.29) is 18.7 Å². The lowest BCUT2D eigenvalue weighted by Gasteiger charge is -2.29. The Morgan fingerprint density at radius 1 is 1.42 bits per heavy atom. The second kappa shape index (κ2) is 8.35. The van der Waals surface area contributed by atoms with Crippen LogP contribution in [0.4, 0.5) is 13.2 Å². The molecule has 3 unspecified atom stereocenters. The van der Waals surface area contributed by atoms with Crippen LogP contribution >= 0.6 is 11.6 Å². The number of hydrogen-bond donors (Lipinski definition) is 1. The molecule has 0 saturated heterocycles. The van der Waals surface area contributed by atoms with E-state index in [2.05, 4.69) is 4.74 Å². The molecule has 1 heterocycles. The average Bonchev–Trinajstić information content (AvgIpc) is 3.06. The second-order valence-corrected chi connectivity index (χ2v) is 6.94. The summed E-state index contributed by atoms with van der Waals surface area (Å²) in [5.41, 5.74) is 6.29. The Bertz CT molecular complexity index is 605. The van der Waals surface area contributed by atoms with Gasteiger partial charge in [-0.2, -0.15) is 18.4 Å². The second-order valence-electron chi connectivity index (χ2n) is 6.58. The molecule has 3 atom stereocenters. The van der Waals surface area contributed by atoms with Gasteiger partial charge in [0.15, 0.2) is 5.70 Å². The number of unbranched alkanes of at least 4 members (excludes halogenated alkanes) is 1. The third-order valence-electron chi connectivity index (χ3n) is 4.75. The van der Waals surface area contributed by atoms with Crippen molar-refractivity contribution in [2.45, 2.75) is 50.9 Å². The molecule has 2 rings (SSSR count). The summed E-state index contributed by atoms with van der Waals surface area (Å²) in [6.45, 7) is 3.29. The van der Waals surface area contributed by atoms with E-state index >= 15 is 0 Å². The highest BCUT2D eigenvalue weighted by Gasteiger charge is 2.46.